The van der Waals surface area contributed by atoms with E-state index in [2.05, 4.69) is 14.8 Å². The summed E-state index contributed by atoms with van der Waals surface area (Å²) in [5, 5.41) is 2.94. The Morgan fingerprint density at radius 3 is 2.21 bits per heavy atom. The lowest BCUT2D eigenvalue weighted by Gasteiger charge is -2.34. The molecule has 0 spiro atoms. The van der Waals surface area contributed by atoms with Gasteiger partial charge in [-0.3, -0.25) is 0 Å². The number of carbonyl (C=O) groups is 2. The van der Waals surface area contributed by atoms with Crippen LogP contribution in [-0.4, -0.2) is 57.6 Å². The van der Waals surface area contributed by atoms with Crippen LogP contribution in [0.15, 0.2) is 29.2 Å². The van der Waals surface area contributed by atoms with Gasteiger partial charge in [-0.15, -0.1) is 0 Å². The highest BCUT2D eigenvalue weighted by Gasteiger charge is 2.26. The molecule has 1 heterocycles. The van der Waals surface area contributed by atoms with Gasteiger partial charge < -0.3 is 15.0 Å². The van der Waals surface area contributed by atoms with Gasteiger partial charge >= 0.3 is 12.0 Å². The van der Waals surface area contributed by atoms with Crippen molar-refractivity contribution in [3.63, 3.8) is 0 Å². The highest BCUT2D eigenvalue weighted by atomic mass is 32.2. The normalized spacial score (nSPS) is 15.9. The van der Waals surface area contributed by atoms with Gasteiger partial charge in [0.25, 0.3) is 0 Å². The lowest BCUT2D eigenvalue weighted by atomic mass is 9.97. The lowest BCUT2D eigenvalue weighted by molar-refractivity contribution is 0.0600. The molecule has 0 unspecified atom stereocenters. The second kappa shape index (κ2) is 8.91. The topological polar surface area (TPSA) is 105 Å². The van der Waals surface area contributed by atoms with Crippen LogP contribution in [0.25, 0.3) is 0 Å². The Labute approximate surface area is 166 Å². The zero-order valence-electron chi connectivity index (χ0n) is 16.8. The number of carbonyl (C=O) groups excluding carboxylic acids is 2. The number of hydrogen-bond donors (Lipinski definition) is 2. The molecule has 1 aromatic rings. The first-order valence-electron chi connectivity index (χ1n) is 9.27. The van der Waals surface area contributed by atoms with E-state index in [4.69, 9.17) is 0 Å². The molecule has 0 saturated carbocycles. The van der Waals surface area contributed by atoms with Crippen molar-refractivity contribution in [3.8, 4) is 0 Å². The summed E-state index contributed by atoms with van der Waals surface area (Å²) < 4.78 is 32.1. The van der Waals surface area contributed by atoms with E-state index in [-0.39, 0.29) is 22.4 Å². The minimum absolute atomic E-state index is 0.0859. The van der Waals surface area contributed by atoms with Crippen molar-refractivity contribution in [2.75, 3.05) is 26.7 Å². The van der Waals surface area contributed by atoms with Crippen LogP contribution >= 0.6 is 0 Å². The number of urea groups is 1. The third kappa shape index (κ3) is 6.20. The van der Waals surface area contributed by atoms with E-state index in [1.807, 2.05) is 20.8 Å². The number of piperidine rings is 1. The summed E-state index contributed by atoms with van der Waals surface area (Å²) >= 11 is 0. The average Bonchev–Trinajstić information content (AvgIpc) is 2.65. The Morgan fingerprint density at radius 1 is 1.14 bits per heavy atom. The van der Waals surface area contributed by atoms with Crippen molar-refractivity contribution >= 4 is 22.0 Å². The predicted octanol–water partition coefficient (Wildman–Crippen LogP) is 1.97. The van der Waals surface area contributed by atoms with Gasteiger partial charge in [0.2, 0.25) is 10.0 Å². The number of nitrogens with zero attached hydrogens (tertiary/aromatic N) is 1. The molecule has 2 N–H and O–H groups in total. The van der Waals surface area contributed by atoms with Gasteiger partial charge in [0, 0.05) is 25.2 Å². The molecule has 1 aliphatic rings. The molecular formula is C19H29N3O5S. The maximum absolute atomic E-state index is 12.5. The third-order valence-electron chi connectivity index (χ3n) is 4.53. The molecule has 156 valence electrons. The van der Waals surface area contributed by atoms with E-state index in [1.54, 1.807) is 4.90 Å². The van der Waals surface area contributed by atoms with Gasteiger partial charge in [0.15, 0.2) is 0 Å². The van der Waals surface area contributed by atoms with Gasteiger partial charge in [-0.2, -0.15) is 0 Å². The van der Waals surface area contributed by atoms with Crippen molar-refractivity contribution in [1.82, 2.24) is 14.9 Å². The molecule has 28 heavy (non-hydrogen) atoms. The molecule has 1 fully saturated rings. The van der Waals surface area contributed by atoms with E-state index >= 15 is 0 Å². The first-order valence-corrected chi connectivity index (χ1v) is 10.8. The summed E-state index contributed by atoms with van der Waals surface area (Å²) in [4.78, 5) is 25.5. The Morgan fingerprint density at radius 2 is 1.71 bits per heavy atom. The summed E-state index contributed by atoms with van der Waals surface area (Å²) in [7, 11) is -2.39. The molecule has 0 atom stereocenters. The van der Waals surface area contributed by atoms with Crippen molar-refractivity contribution in [2.45, 2.75) is 44.0 Å². The zero-order valence-corrected chi connectivity index (χ0v) is 17.6. The number of benzene rings is 1. The van der Waals surface area contributed by atoms with E-state index in [1.165, 1.54) is 31.4 Å². The predicted molar refractivity (Wildman–Crippen MR) is 106 cm³/mol. The number of ether oxygens (including phenoxy) is 1. The number of methoxy groups -OCH3 is 1. The van der Waals surface area contributed by atoms with Gasteiger partial charge in [-0.1, -0.05) is 0 Å². The number of sulfonamides is 1. The summed E-state index contributed by atoms with van der Waals surface area (Å²) in [6.07, 6.45) is 1.47. The number of rotatable bonds is 5. The van der Waals surface area contributed by atoms with Gasteiger partial charge in [-0.05, 0) is 63.8 Å². The van der Waals surface area contributed by atoms with Crippen molar-refractivity contribution in [3.05, 3.63) is 29.8 Å². The monoisotopic (exact) mass is 411 g/mol. The van der Waals surface area contributed by atoms with Crippen LogP contribution in [0.1, 0.15) is 44.0 Å². The Bertz CT molecular complexity index is 792. The fourth-order valence-corrected chi connectivity index (χ4v) is 4.06. The zero-order chi connectivity index (χ0) is 20.9. The van der Waals surface area contributed by atoms with Gasteiger partial charge in [0.05, 0.1) is 17.6 Å². The number of nitrogens with one attached hydrogen (secondary N) is 2. The van der Waals surface area contributed by atoms with E-state index in [0.29, 0.717) is 25.2 Å². The largest absolute Gasteiger partial charge is 0.465 e. The maximum atomic E-state index is 12.5. The molecule has 0 radical (unpaired) electrons. The highest BCUT2D eigenvalue weighted by molar-refractivity contribution is 7.89. The molecular weight excluding hydrogens is 382 g/mol. The van der Waals surface area contributed by atoms with Crippen LogP contribution in [0, 0.1) is 5.92 Å². The second-order valence-electron chi connectivity index (χ2n) is 7.98. The minimum atomic E-state index is -3.66. The van der Waals surface area contributed by atoms with Gasteiger partial charge in [0.1, 0.15) is 0 Å². The fraction of sp³-hybridized carbons (Fsp3) is 0.579. The Hall–Kier alpha value is -2.13. The second-order valence-corrected chi connectivity index (χ2v) is 9.75. The summed E-state index contributed by atoms with van der Waals surface area (Å²) in [6, 6.07) is 5.53. The number of amides is 2. The molecule has 9 heteroatoms. The van der Waals surface area contributed by atoms with Gasteiger partial charge in [-0.25, -0.2) is 22.7 Å². The molecule has 0 aromatic heterocycles. The average molecular weight is 412 g/mol. The number of hydrogen-bond acceptors (Lipinski definition) is 5. The van der Waals surface area contributed by atoms with Crippen molar-refractivity contribution in [1.29, 1.82) is 0 Å². The van der Waals surface area contributed by atoms with Crippen molar-refractivity contribution in [2.24, 2.45) is 5.92 Å². The summed E-state index contributed by atoms with van der Waals surface area (Å²) in [5.74, 6) is -0.345. The first kappa shape index (κ1) is 22.2. The molecule has 2 rings (SSSR count). The number of esters is 1. The van der Waals surface area contributed by atoms with Crippen LogP contribution in [0.3, 0.4) is 0 Å². The number of likely N-dealkylation sites (tertiary alicyclic amines) is 1. The first-order chi connectivity index (χ1) is 13.0. The van der Waals surface area contributed by atoms with E-state index in [0.717, 1.165) is 12.8 Å². The highest BCUT2D eigenvalue weighted by Crippen LogP contribution is 2.18. The van der Waals surface area contributed by atoms with Crippen LogP contribution in [0.5, 0.6) is 0 Å². The Balaban J connectivity index is 1.85. The van der Waals surface area contributed by atoms with Crippen LogP contribution in [0.2, 0.25) is 0 Å². The standard InChI is InChI=1S/C19H29N3O5S/c1-19(2,3)21-18(24)22-11-9-14(10-12-22)13-20-28(25,26)16-7-5-15(6-8-16)17(23)27-4/h5-8,14,20H,9-13H2,1-4H3,(H,21,24). The van der Waals surface area contributed by atoms with Crippen molar-refractivity contribution < 1.29 is 22.7 Å². The van der Waals surface area contributed by atoms with E-state index in [9.17, 15) is 18.0 Å². The fourth-order valence-electron chi connectivity index (χ4n) is 2.94. The molecule has 1 aromatic carbocycles. The smallest absolute Gasteiger partial charge is 0.337 e. The molecule has 0 bridgehead atoms. The molecule has 1 saturated heterocycles. The summed E-state index contributed by atoms with van der Waals surface area (Å²) in [5.41, 5.74) is 0.00911. The SMILES string of the molecule is COC(=O)c1ccc(S(=O)(=O)NCC2CCN(C(=O)NC(C)(C)C)CC2)cc1. The molecule has 0 aliphatic carbocycles. The van der Waals surface area contributed by atoms with Crippen LogP contribution < -0.4 is 10.0 Å². The molecule has 2 amide bonds. The van der Waals surface area contributed by atoms with E-state index < -0.39 is 16.0 Å². The lowest BCUT2D eigenvalue weighted by Crippen LogP contribution is -2.51. The quantitative estimate of drug-likeness (QED) is 0.721. The Kier molecular flexibility index (Phi) is 7.06. The molecule has 8 nitrogen and oxygen atoms in total. The van der Waals surface area contributed by atoms with Crippen LogP contribution in [-0.2, 0) is 14.8 Å². The summed E-state index contributed by atoms with van der Waals surface area (Å²) in [6.45, 7) is 7.32. The maximum Gasteiger partial charge on any atom is 0.337 e. The third-order valence-corrected chi connectivity index (χ3v) is 5.97. The van der Waals surface area contributed by atoms with Crippen LogP contribution in [0.4, 0.5) is 4.79 Å². The minimum Gasteiger partial charge on any atom is -0.465 e. The molecule has 1 aliphatic heterocycles.